The first-order valence-corrected chi connectivity index (χ1v) is 4.96. The Morgan fingerprint density at radius 1 is 1.40 bits per heavy atom. The second-order valence-electron chi connectivity index (χ2n) is 3.31. The van der Waals surface area contributed by atoms with Crippen LogP contribution >= 0.6 is 0 Å². The number of aliphatic hydroxyl groups excluding tert-OH is 1. The molecule has 0 unspecified atom stereocenters. The lowest BCUT2D eigenvalue weighted by molar-refractivity contribution is 0.0667. The Balaban J connectivity index is 2.25. The van der Waals surface area contributed by atoms with Crippen molar-refractivity contribution in [2.75, 3.05) is 45.9 Å². The van der Waals surface area contributed by atoms with E-state index in [1.807, 2.05) is 0 Å². The van der Waals surface area contributed by atoms with E-state index in [2.05, 4.69) is 10.8 Å². The van der Waals surface area contributed by atoms with E-state index < -0.39 is 0 Å². The van der Waals surface area contributed by atoms with Crippen LogP contribution in [0.5, 0.6) is 0 Å². The largest absolute Gasteiger partial charge is 0.447 e. The van der Waals surface area contributed by atoms with Crippen molar-refractivity contribution in [1.29, 1.82) is 0 Å². The van der Waals surface area contributed by atoms with Gasteiger partial charge in [-0.15, -0.1) is 6.42 Å². The summed E-state index contributed by atoms with van der Waals surface area (Å²) in [6.07, 6.45) is 4.84. The minimum atomic E-state index is -0.357. The Kier molecular flexibility index (Phi) is 4.95. The summed E-state index contributed by atoms with van der Waals surface area (Å²) in [5.41, 5.74) is 0. The molecule has 0 saturated carbocycles. The van der Waals surface area contributed by atoms with Crippen LogP contribution in [0.2, 0.25) is 0 Å². The molecule has 1 aliphatic rings. The summed E-state index contributed by atoms with van der Waals surface area (Å²) in [5.74, 6) is 2.57. The zero-order valence-corrected chi connectivity index (χ0v) is 8.69. The number of ether oxygens (including phenoxy) is 1. The maximum atomic E-state index is 11.4. The van der Waals surface area contributed by atoms with Crippen LogP contribution in [-0.4, -0.2) is 66.9 Å². The van der Waals surface area contributed by atoms with Crippen LogP contribution in [0.4, 0.5) is 4.79 Å². The molecule has 5 nitrogen and oxygen atoms in total. The van der Waals surface area contributed by atoms with Crippen LogP contribution in [0.3, 0.4) is 0 Å². The molecular formula is C10H16N2O3. The highest BCUT2D eigenvalue weighted by atomic mass is 16.6. The Morgan fingerprint density at radius 3 is 2.60 bits per heavy atom. The van der Waals surface area contributed by atoms with Crippen molar-refractivity contribution in [3.8, 4) is 12.3 Å². The van der Waals surface area contributed by atoms with Gasteiger partial charge in [-0.25, -0.2) is 4.79 Å². The molecule has 0 aromatic heterocycles. The molecule has 0 spiro atoms. The van der Waals surface area contributed by atoms with Crippen LogP contribution in [0, 0.1) is 12.3 Å². The van der Waals surface area contributed by atoms with Gasteiger partial charge in [0.2, 0.25) is 0 Å². The number of rotatable bonds is 3. The molecule has 1 N–H and O–H groups in total. The lowest BCUT2D eigenvalue weighted by Crippen LogP contribution is -2.48. The molecule has 0 aromatic carbocycles. The highest BCUT2D eigenvalue weighted by molar-refractivity contribution is 5.67. The van der Waals surface area contributed by atoms with E-state index in [0.29, 0.717) is 19.6 Å². The van der Waals surface area contributed by atoms with Gasteiger partial charge in [0.25, 0.3) is 0 Å². The molecule has 0 bridgehead atoms. The minimum Gasteiger partial charge on any atom is -0.447 e. The lowest BCUT2D eigenvalue weighted by Gasteiger charge is -2.32. The number of aliphatic hydroxyl groups is 1. The fourth-order valence-electron chi connectivity index (χ4n) is 1.44. The first kappa shape index (κ1) is 11.8. The third-order valence-corrected chi connectivity index (χ3v) is 2.26. The summed E-state index contributed by atoms with van der Waals surface area (Å²) in [6, 6.07) is 0. The average Bonchev–Trinajstić information content (AvgIpc) is 2.27. The summed E-state index contributed by atoms with van der Waals surface area (Å²) in [4.78, 5) is 15.1. The van der Waals surface area contributed by atoms with E-state index in [1.54, 1.807) is 4.90 Å². The molecule has 1 aliphatic heterocycles. The Labute approximate surface area is 89.6 Å². The smallest absolute Gasteiger partial charge is 0.409 e. The molecule has 0 aromatic rings. The Morgan fingerprint density at radius 2 is 2.07 bits per heavy atom. The number of terminal acetylenes is 1. The van der Waals surface area contributed by atoms with Gasteiger partial charge in [-0.2, -0.15) is 0 Å². The topological polar surface area (TPSA) is 53.0 Å². The van der Waals surface area contributed by atoms with Crippen molar-refractivity contribution in [2.45, 2.75) is 0 Å². The molecule has 0 aliphatic carbocycles. The fourth-order valence-corrected chi connectivity index (χ4v) is 1.44. The number of hydrogen-bond acceptors (Lipinski definition) is 4. The Hall–Kier alpha value is -1.25. The van der Waals surface area contributed by atoms with E-state index in [-0.39, 0.29) is 19.3 Å². The predicted octanol–water partition coefficient (Wildman–Crippen LogP) is -0.634. The fraction of sp³-hybridized carbons (Fsp3) is 0.700. The van der Waals surface area contributed by atoms with E-state index >= 15 is 0 Å². The van der Waals surface area contributed by atoms with Gasteiger partial charge < -0.3 is 14.7 Å². The second-order valence-corrected chi connectivity index (χ2v) is 3.31. The van der Waals surface area contributed by atoms with Crippen molar-refractivity contribution in [3.63, 3.8) is 0 Å². The molecule has 1 saturated heterocycles. The first-order chi connectivity index (χ1) is 7.27. The Bertz CT molecular complexity index is 242. The third-order valence-electron chi connectivity index (χ3n) is 2.26. The maximum Gasteiger partial charge on any atom is 0.409 e. The standard InChI is InChI=1S/C10H16N2O3/c1-2-3-11-4-6-12(7-5-11)10(14)15-9-8-13/h1,13H,3-9H2. The van der Waals surface area contributed by atoms with Gasteiger partial charge in [0, 0.05) is 26.2 Å². The molecule has 1 rings (SSSR count). The molecule has 1 fully saturated rings. The van der Waals surface area contributed by atoms with E-state index in [9.17, 15) is 4.79 Å². The number of amides is 1. The van der Waals surface area contributed by atoms with Crippen molar-refractivity contribution < 1.29 is 14.6 Å². The number of piperazine rings is 1. The summed E-state index contributed by atoms with van der Waals surface area (Å²) in [7, 11) is 0. The van der Waals surface area contributed by atoms with Crippen molar-refractivity contribution in [2.24, 2.45) is 0 Å². The van der Waals surface area contributed by atoms with Gasteiger partial charge in [0.05, 0.1) is 13.2 Å². The van der Waals surface area contributed by atoms with Crippen molar-refractivity contribution in [3.05, 3.63) is 0 Å². The third kappa shape index (κ3) is 3.78. The van der Waals surface area contributed by atoms with Gasteiger partial charge in [0.15, 0.2) is 0 Å². The monoisotopic (exact) mass is 212 g/mol. The van der Waals surface area contributed by atoms with Crippen LogP contribution < -0.4 is 0 Å². The summed E-state index contributed by atoms with van der Waals surface area (Å²) < 4.78 is 4.80. The molecule has 15 heavy (non-hydrogen) atoms. The number of carbonyl (C=O) groups is 1. The highest BCUT2D eigenvalue weighted by Gasteiger charge is 2.21. The zero-order chi connectivity index (χ0) is 11.1. The van der Waals surface area contributed by atoms with Crippen molar-refractivity contribution in [1.82, 2.24) is 9.80 Å². The van der Waals surface area contributed by atoms with Crippen LogP contribution in [0.15, 0.2) is 0 Å². The van der Waals surface area contributed by atoms with Gasteiger partial charge in [-0.3, -0.25) is 4.90 Å². The molecule has 0 radical (unpaired) electrons. The number of carbonyl (C=O) groups excluding carboxylic acids is 1. The second kappa shape index (κ2) is 6.27. The van der Waals surface area contributed by atoms with E-state index in [4.69, 9.17) is 16.3 Å². The molecular weight excluding hydrogens is 196 g/mol. The van der Waals surface area contributed by atoms with Crippen LogP contribution in [-0.2, 0) is 4.74 Å². The summed E-state index contributed by atoms with van der Waals surface area (Å²) >= 11 is 0. The molecule has 1 heterocycles. The predicted molar refractivity (Wildman–Crippen MR) is 55.3 cm³/mol. The van der Waals surface area contributed by atoms with Gasteiger partial charge >= 0.3 is 6.09 Å². The lowest BCUT2D eigenvalue weighted by atomic mass is 10.3. The first-order valence-electron chi connectivity index (χ1n) is 4.96. The van der Waals surface area contributed by atoms with Crippen LogP contribution in [0.1, 0.15) is 0 Å². The summed E-state index contributed by atoms with van der Waals surface area (Å²) in [6.45, 7) is 3.36. The quantitative estimate of drug-likeness (QED) is 0.633. The van der Waals surface area contributed by atoms with E-state index in [0.717, 1.165) is 13.1 Å². The van der Waals surface area contributed by atoms with Gasteiger partial charge in [0.1, 0.15) is 6.61 Å². The zero-order valence-electron chi connectivity index (χ0n) is 8.69. The van der Waals surface area contributed by atoms with E-state index in [1.165, 1.54) is 0 Å². The van der Waals surface area contributed by atoms with Crippen molar-refractivity contribution >= 4 is 6.09 Å². The maximum absolute atomic E-state index is 11.4. The number of hydrogen-bond donors (Lipinski definition) is 1. The summed E-state index contributed by atoms with van der Waals surface area (Å²) in [5, 5.41) is 8.50. The molecule has 0 atom stereocenters. The normalized spacial score (nSPS) is 17.2. The van der Waals surface area contributed by atoms with Crippen LogP contribution in [0.25, 0.3) is 0 Å². The molecule has 1 amide bonds. The molecule has 5 heteroatoms. The molecule has 84 valence electrons. The highest BCUT2D eigenvalue weighted by Crippen LogP contribution is 2.02. The minimum absolute atomic E-state index is 0.0589. The van der Waals surface area contributed by atoms with Gasteiger partial charge in [-0.1, -0.05) is 5.92 Å². The van der Waals surface area contributed by atoms with Gasteiger partial charge in [-0.05, 0) is 0 Å². The number of nitrogens with zero attached hydrogens (tertiary/aromatic N) is 2. The SMILES string of the molecule is C#CCN1CCN(C(=O)OCCO)CC1. The average molecular weight is 212 g/mol.